The number of pyridine rings is 2. The molecule has 4 aromatic heterocycles. The minimum Gasteiger partial charge on any atom is -0.335 e. The summed E-state index contributed by atoms with van der Waals surface area (Å²) in [5, 5.41) is 6.56. The Bertz CT molecular complexity index is 1940. The van der Waals surface area contributed by atoms with Crippen LogP contribution in [-0.4, -0.2) is 53.6 Å². The first kappa shape index (κ1) is 27.6. The fourth-order valence-electron chi connectivity index (χ4n) is 5.55. The lowest BCUT2D eigenvalue weighted by Gasteiger charge is -2.16. The Balaban J connectivity index is 1.42. The van der Waals surface area contributed by atoms with E-state index in [4.69, 9.17) is 10.1 Å². The minimum atomic E-state index is -2.64. The number of likely N-dealkylation sites (tertiary alicyclic amines) is 1. The molecule has 1 N–H and O–H groups in total. The lowest BCUT2D eigenvalue weighted by Crippen LogP contribution is -2.28. The van der Waals surface area contributed by atoms with Gasteiger partial charge in [-0.2, -0.15) is 5.10 Å². The molecular formula is C32H30F3N7. The molecule has 1 aromatic carbocycles. The van der Waals surface area contributed by atoms with Crippen LogP contribution in [0.4, 0.5) is 13.2 Å². The van der Waals surface area contributed by atoms with E-state index >= 15 is 0 Å². The largest absolute Gasteiger partial charge is 0.335 e. The number of imidazole rings is 1. The van der Waals surface area contributed by atoms with Gasteiger partial charge in [0.2, 0.25) is 0 Å². The highest BCUT2D eigenvalue weighted by atomic mass is 19.3. The lowest BCUT2D eigenvalue weighted by atomic mass is 10.0. The summed E-state index contributed by atoms with van der Waals surface area (Å²) < 4.78 is 43.3. The molecular weight excluding hydrogens is 539 g/mol. The summed E-state index contributed by atoms with van der Waals surface area (Å²) in [6.07, 6.45) is 12.8. The van der Waals surface area contributed by atoms with Crippen LogP contribution in [0.1, 0.15) is 31.4 Å². The number of H-pyrrole nitrogens is 1. The molecule has 5 heterocycles. The number of nitrogens with one attached hydrogen (secondary N) is 1. The standard InChI is InChI=1S/C32H30F3N7/c1-4-21(23-11-20(14-36-15-23)18-42-10-9-32(34,35)19-42)13-25-28(5-2)41(3)40-30(25)31-38-27-17-37-16-26(29(27)39-31)22-7-6-8-24(33)12-22/h4-8,11-17H,9-10,18-19H2,1-3H3,(H,38,39)/b21-4-,25-13+,28-5+. The molecule has 5 aromatic rings. The average Bonchev–Trinajstić information content (AvgIpc) is 3.65. The summed E-state index contributed by atoms with van der Waals surface area (Å²) in [5.74, 6) is -2.41. The van der Waals surface area contributed by atoms with E-state index in [9.17, 15) is 13.2 Å². The Labute approximate surface area is 240 Å². The van der Waals surface area contributed by atoms with Crippen LogP contribution in [0, 0.1) is 5.82 Å². The van der Waals surface area contributed by atoms with E-state index in [0.717, 1.165) is 27.3 Å². The number of allylic oxidation sites excluding steroid dienone is 2. The molecule has 0 aliphatic carbocycles. The monoisotopic (exact) mass is 569 g/mol. The third-order valence-corrected chi connectivity index (χ3v) is 7.55. The summed E-state index contributed by atoms with van der Waals surface area (Å²) in [6.45, 7) is 4.44. The van der Waals surface area contributed by atoms with Gasteiger partial charge < -0.3 is 4.98 Å². The van der Waals surface area contributed by atoms with Crippen LogP contribution in [0.3, 0.4) is 0 Å². The molecule has 42 heavy (non-hydrogen) atoms. The van der Waals surface area contributed by atoms with Crippen LogP contribution in [0.5, 0.6) is 0 Å². The van der Waals surface area contributed by atoms with Gasteiger partial charge >= 0.3 is 0 Å². The van der Waals surface area contributed by atoms with Crippen LogP contribution in [0.15, 0.2) is 61.2 Å². The minimum absolute atomic E-state index is 0.115. The molecule has 1 aliphatic rings. The van der Waals surface area contributed by atoms with Gasteiger partial charge in [0.05, 0.1) is 29.1 Å². The van der Waals surface area contributed by atoms with Crippen molar-refractivity contribution in [2.24, 2.45) is 7.05 Å². The zero-order valence-corrected chi connectivity index (χ0v) is 23.6. The van der Waals surface area contributed by atoms with Crippen molar-refractivity contribution in [1.82, 2.24) is 34.6 Å². The fraction of sp³-hybridized carbons (Fsp3) is 0.250. The maximum Gasteiger partial charge on any atom is 0.261 e. The van der Waals surface area contributed by atoms with Crippen molar-refractivity contribution < 1.29 is 13.2 Å². The van der Waals surface area contributed by atoms with Crippen molar-refractivity contribution in [3.8, 4) is 22.6 Å². The Morgan fingerprint density at radius 2 is 1.93 bits per heavy atom. The van der Waals surface area contributed by atoms with E-state index in [1.54, 1.807) is 40.4 Å². The molecule has 1 saturated heterocycles. The second kappa shape index (κ2) is 11.0. The number of hydrogen-bond donors (Lipinski definition) is 1. The molecule has 0 saturated carbocycles. The van der Waals surface area contributed by atoms with Crippen molar-refractivity contribution in [3.05, 3.63) is 88.7 Å². The lowest BCUT2D eigenvalue weighted by molar-refractivity contribution is 0.0115. The van der Waals surface area contributed by atoms with Crippen LogP contribution in [-0.2, 0) is 13.6 Å². The van der Waals surface area contributed by atoms with Gasteiger partial charge in [-0.3, -0.25) is 19.5 Å². The van der Waals surface area contributed by atoms with Crippen LogP contribution in [0.25, 0.3) is 51.4 Å². The third-order valence-electron chi connectivity index (χ3n) is 7.55. The first-order chi connectivity index (χ1) is 20.2. The molecule has 0 radical (unpaired) electrons. The number of aromatic nitrogens is 6. The Hall–Kier alpha value is -4.57. The van der Waals surface area contributed by atoms with Crippen molar-refractivity contribution >= 4 is 28.8 Å². The molecule has 0 amide bonds. The van der Waals surface area contributed by atoms with Gasteiger partial charge in [0.15, 0.2) is 5.82 Å². The predicted octanol–water partition coefficient (Wildman–Crippen LogP) is 5.08. The first-order valence-corrected chi connectivity index (χ1v) is 13.8. The summed E-state index contributed by atoms with van der Waals surface area (Å²) in [7, 11) is 1.88. The van der Waals surface area contributed by atoms with Crippen LogP contribution >= 0.6 is 0 Å². The molecule has 1 aliphatic heterocycles. The molecule has 0 bridgehead atoms. The highest BCUT2D eigenvalue weighted by Gasteiger charge is 2.37. The second-order valence-electron chi connectivity index (χ2n) is 10.5. The second-order valence-corrected chi connectivity index (χ2v) is 10.5. The van der Waals surface area contributed by atoms with E-state index in [-0.39, 0.29) is 18.8 Å². The number of rotatable bonds is 6. The highest BCUT2D eigenvalue weighted by molar-refractivity contribution is 5.93. The van der Waals surface area contributed by atoms with E-state index in [2.05, 4.69) is 15.0 Å². The zero-order valence-electron chi connectivity index (χ0n) is 23.6. The Kier molecular flexibility index (Phi) is 7.24. The number of aryl methyl sites for hydroxylation is 1. The molecule has 10 heteroatoms. The van der Waals surface area contributed by atoms with Gasteiger partial charge in [0.1, 0.15) is 11.5 Å². The quantitative estimate of drug-likeness (QED) is 0.309. The average molecular weight is 570 g/mol. The smallest absolute Gasteiger partial charge is 0.261 e. The summed E-state index contributed by atoms with van der Waals surface area (Å²) >= 11 is 0. The van der Waals surface area contributed by atoms with Gasteiger partial charge in [0.25, 0.3) is 5.92 Å². The summed E-state index contributed by atoms with van der Waals surface area (Å²) in [6, 6.07) is 8.35. The normalized spacial score (nSPS) is 16.7. The van der Waals surface area contributed by atoms with E-state index in [1.807, 2.05) is 51.3 Å². The number of halogens is 3. The van der Waals surface area contributed by atoms with Crippen LogP contribution < -0.4 is 10.6 Å². The Morgan fingerprint density at radius 3 is 2.67 bits per heavy atom. The molecule has 0 atom stereocenters. The van der Waals surface area contributed by atoms with Crippen LogP contribution in [0.2, 0.25) is 0 Å². The SMILES string of the molecule is C/C=C(/C=c1/c(-c2nc3c(-c4cccc(F)c4)cncc3[nH]2)nn(C)/c1=C/C)c1cncc(CN2CCC(F)(F)C2)c1. The molecule has 7 nitrogen and oxygen atoms in total. The summed E-state index contributed by atoms with van der Waals surface area (Å²) in [5.41, 5.74) is 6.08. The number of benzene rings is 1. The molecule has 1 fully saturated rings. The number of nitrogens with zero attached hydrogens (tertiary/aromatic N) is 6. The van der Waals surface area contributed by atoms with Crippen molar-refractivity contribution in [3.63, 3.8) is 0 Å². The third kappa shape index (κ3) is 5.37. The van der Waals surface area contributed by atoms with Gasteiger partial charge in [-0.1, -0.05) is 24.3 Å². The zero-order chi connectivity index (χ0) is 29.4. The molecule has 214 valence electrons. The first-order valence-electron chi connectivity index (χ1n) is 13.8. The van der Waals surface area contributed by atoms with Gasteiger partial charge in [-0.15, -0.1) is 0 Å². The number of alkyl halides is 2. The maximum absolute atomic E-state index is 14.0. The highest BCUT2D eigenvalue weighted by Crippen LogP contribution is 2.29. The molecule has 0 spiro atoms. The number of fused-ring (bicyclic) bond motifs is 1. The Morgan fingerprint density at radius 1 is 1.10 bits per heavy atom. The summed E-state index contributed by atoms with van der Waals surface area (Å²) in [4.78, 5) is 18.8. The van der Waals surface area contributed by atoms with E-state index < -0.39 is 5.92 Å². The van der Waals surface area contributed by atoms with Gasteiger partial charge in [-0.25, -0.2) is 18.2 Å². The number of aromatic amines is 1. The maximum atomic E-state index is 14.0. The number of hydrogen-bond acceptors (Lipinski definition) is 5. The predicted molar refractivity (Wildman–Crippen MR) is 158 cm³/mol. The topological polar surface area (TPSA) is 75.5 Å². The van der Waals surface area contributed by atoms with E-state index in [1.165, 1.54) is 12.1 Å². The molecule has 6 rings (SSSR count). The van der Waals surface area contributed by atoms with Gasteiger partial charge in [-0.05, 0) is 54.8 Å². The fourth-order valence-corrected chi connectivity index (χ4v) is 5.55. The van der Waals surface area contributed by atoms with E-state index in [0.29, 0.717) is 46.8 Å². The molecule has 0 unspecified atom stereocenters. The van der Waals surface area contributed by atoms with Gasteiger partial charge in [0, 0.05) is 61.5 Å². The van der Waals surface area contributed by atoms with Crippen molar-refractivity contribution in [2.75, 3.05) is 13.1 Å². The van der Waals surface area contributed by atoms with Crippen molar-refractivity contribution in [2.45, 2.75) is 32.7 Å². The van der Waals surface area contributed by atoms with Crippen molar-refractivity contribution in [1.29, 1.82) is 0 Å².